The lowest BCUT2D eigenvalue weighted by molar-refractivity contribution is -0.122. The van der Waals surface area contributed by atoms with E-state index in [-0.39, 0.29) is 24.5 Å². The molecule has 2 N–H and O–H groups in total. The summed E-state index contributed by atoms with van der Waals surface area (Å²) in [6, 6.07) is 7.30. The molecule has 1 aliphatic rings. The van der Waals surface area contributed by atoms with Gasteiger partial charge in [-0.2, -0.15) is 0 Å². The number of carbonyl (C=O) groups excluding carboxylic acids is 2. The van der Waals surface area contributed by atoms with Crippen LogP contribution in [0.4, 0.5) is 0 Å². The third kappa shape index (κ3) is 3.90. The van der Waals surface area contributed by atoms with Crippen LogP contribution >= 0.6 is 11.3 Å². The van der Waals surface area contributed by atoms with E-state index in [0.29, 0.717) is 6.54 Å². The van der Waals surface area contributed by atoms with Crippen molar-refractivity contribution in [3.63, 3.8) is 0 Å². The molecule has 1 aliphatic carbocycles. The summed E-state index contributed by atoms with van der Waals surface area (Å²) in [6.07, 6.45) is 5.77. The molecule has 6 heteroatoms. The van der Waals surface area contributed by atoms with Crippen LogP contribution in [0.25, 0.3) is 21.3 Å². The Morgan fingerprint density at radius 3 is 2.76 bits per heavy atom. The maximum atomic E-state index is 12.0. The lowest BCUT2D eigenvalue weighted by Crippen LogP contribution is -2.23. The number of rotatable bonds is 6. The summed E-state index contributed by atoms with van der Waals surface area (Å²) in [4.78, 5) is 29.8. The fourth-order valence-corrected chi connectivity index (χ4v) is 5.34. The number of carbonyl (C=O) groups is 2. The number of hydrogen-bond donors (Lipinski definition) is 2. The summed E-state index contributed by atoms with van der Waals surface area (Å²) in [5, 5.41) is 13.8. The van der Waals surface area contributed by atoms with E-state index < -0.39 is 0 Å². The number of aryl methyl sites for hydroxylation is 2. The van der Waals surface area contributed by atoms with Crippen molar-refractivity contribution in [1.82, 2.24) is 10.3 Å². The minimum Gasteiger partial charge on any atom is -0.508 e. The number of aldehydes is 1. The largest absolute Gasteiger partial charge is 0.508 e. The molecule has 1 aromatic carbocycles. The fourth-order valence-electron chi connectivity index (χ4n) is 4.05. The normalized spacial score (nSPS) is 13.3. The van der Waals surface area contributed by atoms with Crippen LogP contribution in [0.3, 0.4) is 0 Å². The van der Waals surface area contributed by atoms with Gasteiger partial charge in [0.1, 0.15) is 16.9 Å². The standard InChI is InChI=1S/C23H24N2O3S/c1-14-18(13-24-20(28)7-4-12-26)25-23-22(17-5-2-3-6-19(17)29-23)21(14)15-8-10-16(27)11-9-15/h8-12,27H,2-7,13H2,1H3,(H,24,28). The zero-order chi connectivity index (χ0) is 20.4. The number of phenols is 1. The number of pyridine rings is 1. The van der Waals surface area contributed by atoms with E-state index in [4.69, 9.17) is 4.98 Å². The lowest BCUT2D eigenvalue weighted by Gasteiger charge is -2.16. The summed E-state index contributed by atoms with van der Waals surface area (Å²) < 4.78 is 0. The summed E-state index contributed by atoms with van der Waals surface area (Å²) >= 11 is 1.76. The van der Waals surface area contributed by atoms with Crippen LogP contribution in [0.5, 0.6) is 5.75 Å². The molecule has 2 aromatic heterocycles. The van der Waals surface area contributed by atoms with Gasteiger partial charge in [0, 0.05) is 23.1 Å². The highest BCUT2D eigenvalue weighted by atomic mass is 32.1. The quantitative estimate of drug-likeness (QED) is 0.591. The molecule has 5 nitrogen and oxygen atoms in total. The maximum Gasteiger partial charge on any atom is 0.220 e. The van der Waals surface area contributed by atoms with Crippen molar-refractivity contribution in [3.05, 3.63) is 46.0 Å². The highest BCUT2D eigenvalue weighted by Gasteiger charge is 2.23. The topological polar surface area (TPSA) is 79.3 Å². The van der Waals surface area contributed by atoms with E-state index >= 15 is 0 Å². The third-order valence-electron chi connectivity index (χ3n) is 5.55. The first-order valence-corrected chi connectivity index (χ1v) is 10.8. The van der Waals surface area contributed by atoms with E-state index in [9.17, 15) is 14.7 Å². The molecule has 2 heterocycles. The molecule has 1 amide bonds. The van der Waals surface area contributed by atoms with Crippen molar-refractivity contribution in [1.29, 1.82) is 0 Å². The summed E-state index contributed by atoms with van der Waals surface area (Å²) in [6.45, 7) is 2.39. The molecule has 0 aliphatic heterocycles. The van der Waals surface area contributed by atoms with Crippen LogP contribution < -0.4 is 5.32 Å². The first-order chi connectivity index (χ1) is 14.1. The summed E-state index contributed by atoms with van der Waals surface area (Å²) in [5.74, 6) is 0.0989. The van der Waals surface area contributed by atoms with Crippen molar-refractivity contribution in [2.24, 2.45) is 0 Å². The second-order valence-electron chi connectivity index (χ2n) is 7.48. The number of amides is 1. The molecule has 150 valence electrons. The van der Waals surface area contributed by atoms with Gasteiger partial charge in [0.2, 0.25) is 5.91 Å². The van der Waals surface area contributed by atoms with E-state index in [2.05, 4.69) is 12.2 Å². The van der Waals surface area contributed by atoms with Crippen LogP contribution in [0.1, 0.15) is 47.4 Å². The Balaban J connectivity index is 1.81. The Labute approximate surface area is 173 Å². The maximum absolute atomic E-state index is 12.0. The third-order valence-corrected chi connectivity index (χ3v) is 6.73. The fraction of sp³-hybridized carbons (Fsp3) is 0.348. The zero-order valence-electron chi connectivity index (χ0n) is 16.5. The van der Waals surface area contributed by atoms with Gasteiger partial charge >= 0.3 is 0 Å². The molecule has 29 heavy (non-hydrogen) atoms. The molecule has 0 fully saturated rings. The highest BCUT2D eigenvalue weighted by Crippen LogP contribution is 2.43. The van der Waals surface area contributed by atoms with E-state index in [1.807, 2.05) is 12.1 Å². The number of thiophene rings is 1. The highest BCUT2D eigenvalue weighted by molar-refractivity contribution is 7.19. The molecule has 3 aromatic rings. The van der Waals surface area contributed by atoms with Gasteiger partial charge in [0.05, 0.1) is 12.2 Å². The first-order valence-electron chi connectivity index (χ1n) is 10.0. The number of nitrogens with zero attached hydrogens (tertiary/aromatic N) is 1. The van der Waals surface area contributed by atoms with Crippen molar-refractivity contribution in [2.45, 2.75) is 52.0 Å². The Hall–Kier alpha value is -2.73. The monoisotopic (exact) mass is 408 g/mol. The van der Waals surface area contributed by atoms with Crippen molar-refractivity contribution >= 4 is 33.7 Å². The van der Waals surface area contributed by atoms with Gasteiger partial charge in [-0.25, -0.2) is 4.98 Å². The Morgan fingerprint density at radius 1 is 1.24 bits per heavy atom. The number of fused-ring (bicyclic) bond motifs is 3. The van der Waals surface area contributed by atoms with E-state index in [1.165, 1.54) is 28.7 Å². The van der Waals surface area contributed by atoms with Crippen LogP contribution in [-0.4, -0.2) is 22.3 Å². The Bertz CT molecular complexity index is 1070. The molecule has 0 bridgehead atoms. The van der Waals surface area contributed by atoms with Crippen molar-refractivity contribution < 1.29 is 14.7 Å². The number of aromatic nitrogens is 1. The predicted molar refractivity (Wildman–Crippen MR) is 115 cm³/mol. The van der Waals surface area contributed by atoms with Gasteiger partial charge < -0.3 is 15.2 Å². The van der Waals surface area contributed by atoms with Gasteiger partial charge in [-0.1, -0.05) is 12.1 Å². The first kappa shape index (κ1) is 19.6. The average Bonchev–Trinajstić information content (AvgIpc) is 3.09. The SMILES string of the molecule is Cc1c(CNC(=O)CCC=O)nc2sc3c(c2c1-c1ccc(O)cc1)CCCC3. The predicted octanol–water partition coefficient (Wildman–Crippen LogP) is 4.45. The molecule has 0 saturated carbocycles. The van der Waals surface area contributed by atoms with Gasteiger partial charge in [0.15, 0.2) is 0 Å². The molecular formula is C23H24N2O3S. The minimum atomic E-state index is -0.143. The van der Waals surface area contributed by atoms with Gasteiger partial charge in [-0.3, -0.25) is 4.79 Å². The number of nitrogens with one attached hydrogen (secondary N) is 1. The molecular weight excluding hydrogens is 384 g/mol. The molecule has 0 unspecified atom stereocenters. The number of phenolic OH excluding ortho intramolecular Hbond substituents is 1. The van der Waals surface area contributed by atoms with Crippen LogP contribution in [0, 0.1) is 6.92 Å². The molecule has 4 rings (SSSR count). The molecule has 0 spiro atoms. The molecule has 0 saturated heterocycles. The zero-order valence-corrected chi connectivity index (χ0v) is 17.3. The van der Waals surface area contributed by atoms with E-state index in [1.54, 1.807) is 23.5 Å². The van der Waals surface area contributed by atoms with Crippen LogP contribution in [0.15, 0.2) is 24.3 Å². The number of aromatic hydroxyl groups is 1. The summed E-state index contributed by atoms with van der Waals surface area (Å²) in [7, 11) is 0. The molecule has 0 radical (unpaired) electrons. The lowest BCUT2D eigenvalue weighted by atomic mass is 9.90. The Kier molecular flexibility index (Phi) is 5.62. The van der Waals surface area contributed by atoms with Gasteiger partial charge in [-0.15, -0.1) is 11.3 Å². The van der Waals surface area contributed by atoms with Gasteiger partial charge in [-0.05, 0) is 67.0 Å². The van der Waals surface area contributed by atoms with Crippen LogP contribution in [-0.2, 0) is 29.0 Å². The average molecular weight is 409 g/mol. The number of hydrogen-bond acceptors (Lipinski definition) is 5. The minimum absolute atomic E-state index is 0.143. The smallest absolute Gasteiger partial charge is 0.220 e. The van der Waals surface area contributed by atoms with Crippen molar-refractivity contribution in [2.75, 3.05) is 0 Å². The number of benzene rings is 1. The van der Waals surface area contributed by atoms with E-state index in [0.717, 1.165) is 46.3 Å². The second kappa shape index (κ2) is 8.33. The van der Waals surface area contributed by atoms with Gasteiger partial charge in [0.25, 0.3) is 0 Å². The van der Waals surface area contributed by atoms with Crippen LogP contribution in [0.2, 0.25) is 0 Å². The summed E-state index contributed by atoms with van der Waals surface area (Å²) in [5.41, 5.74) is 5.50. The molecule has 0 atom stereocenters. The second-order valence-corrected chi connectivity index (χ2v) is 8.56. The van der Waals surface area contributed by atoms with Crippen molar-refractivity contribution in [3.8, 4) is 16.9 Å². The Morgan fingerprint density at radius 2 is 2.00 bits per heavy atom.